The van der Waals surface area contributed by atoms with Gasteiger partial charge in [0.1, 0.15) is 5.82 Å². The number of hydrogen-bond acceptors (Lipinski definition) is 7. The van der Waals surface area contributed by atoms with E-state index < -0.39 is 0 Å². The predicted octanol–water partition coefficient (Wildman–Crippen LogP) is 1.80. The highest BCUT2D eigenvalue weighted by atomic mass is 16.5. The number of anilines is 1. The van der Waals surface area contributed by atoms with E-state index in [0.717, 1.165) is 0 Å². The molecule has 0 bridgehead atoms. The molecule has 1 aromatic carbocycles. The lowest BCUT2D eigenvalue weighted by atomic mass is 10.1. The molecular formula is C19H20N6O3. The zero-order valence-corrected chi connectivity index (χ0v) is 15.7. The van der Waals surface area contributed by atoms with Crippen LogP contribution in [0.1, 0.15) is 39.4 Å². The van der Waals surface area contributed by atoms with Crippen molar-refractivity contribution < 1.29 is 14.3 Å². The van der Waals surface area contributed by atoms with E-state index in [4.69, 9.17) is 10.5 Å². The zero-order valence-electron chi connectivity index (χ0n) is 15.7. The second-order valence-corrected chi connectivity index (χ2v) is 6.59. The first kappa shape index (κ1) is 17.9. The number of carbonyl (C=O) groups excluding carboxylic acids is 2. The third kappa shape index (κ3) is 2.84. The zero-order chi connectivity index (χ0) is 19.8. The number of nitrogens with zero attached hydrogens (tertiary/aromatic N) is 5. The molecule has 0 atom stereocenters. The highest BCUT2D eigenvalue weighted by molar-refractivity contribution is 6.21. The van der Waals surface area contributed by atoms with Crippen LogP contribution < -0.4 is 10.5 Å². The fourth-order valence-electron chi connectivity index (χ4n) is 3.45. The standard InChI is InChI=1S/C19H20N6O3/c1-11-21-15(20)14-16(22-11)24(19(23-14)28-2)9-5-6-10-25-17(26)12-7-3-4-8-13(12)18(25)27/h3-4,7-8H,5-6,9-10H2,1-2H3,(H2,20,21,22). The summed E-state index contributed by atoms with van der Waals surface area (Å²) in [5.41, 5.74) is 8.00. The smallest absolute Gasteiger partial charge is 0.298 e. The number of imidazole rings is 1. The van der Waals surface area contributed by atoms with E-state index in [0.29, 0.717) is 65.9 Å². The van der Waals surface area contributed by atoms with E-state index >= 15 is 0 Å². The van der Waals surface area contributed by atoms with Crippen LogP contribution >= 0.6 is 0 Å². The number of aryl methyl sites for hydroxylation is 2. The summed E-state index contributed by atoms with van der Waals surface area (Å²) >= 11 is 0. The van der Waals surface area contributed by atoms with Gasteiger partial charge in [-0.2, -0.15) is 4.98 Å². The number of aromatic nitrogens is 4. The number of methoxy groups -OCH3 is 1. The summed E-state index contributed by atoms with van der Waals surface area (Å²) in [4.78, 5) is 39.0. The lowest BCUT2D eigenvalue weighted by Crippen LogP contribution is -2.30. The van der Waals surface area contributed by atoms with Crippen LogP contribution in [-0.2, 0) is 6.54 Å². The van der Waals surface area contributed by atoms with Crippen molar-refractivity contribution in [2.24, 2.45) is 0 Å². The van der Waals surface area contributed by atoms with Crippen molar-refractivity contribution in [3.05, 3.63) is 41.2 Å². The first-order valence-corrected chi connectivity index (χ1v) is 9.01. The molecule has 2 N–H and O–H groups in total. The van der Waals surface area contributed by atoms with Crippen molar-refractivity contribution in [1.82, 2.24) is 24.4 Å². The van der Waals surface area contributed by atoms with Gasteiger partial charge in [-0.1, -0.05) is 12.1 Å². The number of benzene rings is 1. The molecule has 9 heteroatoms. The summed E-state index contributed by atoms with van der Waals surface area (Å²) < 4.78 is 7.18. The molecule has 28 heavy (non-hydrogen) atoms. The molecule has 9 nitrogen and oxygen atoms in total. The number of nitrogens with two attached hydrogens (primary N) is 1. The highest BCUT2D eigenvalue weighted by Crippen LogP contribution is 2.25. The third-order valence-corrected chi connectivity index (χ3v) is 4.77. The Kier molecular flexibility index (Phi) is 4.42. The molecule has 3 aromatic rings. The van der Waals surface area contributed by atoms with Crippen molar-refractivity contribution in [3.8, 4) is 6.01 Å². The quantitative estimate of drug-likeness (QED) is 0.512. The molecule has 1 aliphatic rings. The number of unbranched alkanes of at least 4 members (excludes halogenated alkanes) is 1. The summed E-state index contributed by atoms with van der Waals surface area (Å²) in [7, 11) is 1.53. The normalized spacial score (nSPS) is 13.4. The number of hydrogen-bond donors (Lipinski definition) is 1. The highest BCUT2D eigenvalue weighted by Gasteiger charge is 2.34. The van der Waals surface area contributed by atoms with E-state index in [1.54, 1.807) is 31.2 Å². The number of amides is 2. The SMILES string of the molecule is COc1nc2c(N)nc(C)nc2n1CCCCN1C(=O)c2ccccc2C1=O. The van der Waals surface area contributed by atoms with Crippen molar-refractivity contribution in [1.29, 1.82) is 0 Å². The van der Waals surface area contributed by atoms with Crippen LogP contribution in [0.15, 0.2) is 24.3 Å². The van der Waals surface area contributed by atoms with Gasteiger partial charge in [-0.05, 0) is 31.9 Å². The number of nitrogen functional groups attached to an aromatic ring is 1. The van der Waals surface area contributed by atoms with Gasteiger partial charge >= 0.3 is 0 Å². The van der Waals surface area contributed by atoms with Crippen LogP contribution in [0.25, 0.3) is 11.2 Å². The van der Waals surface area contributed by atoms with E-state index in [2.05, 4.69) is 15.0 Å². The molecule has 4 rings (SSSR count). The lowest BCUT2D eigenvalue weighted by molar-refractivity contribution is 0.0651. The molecule has 0 aliphatic carbocycles. The third-order valence-electron chi connectivity index (χ3n) is 4.77. The van der Waals surface area contributed by atoms with Crippen LogP contribution in [-0.4, -0.2) is 49.9 Å². The van der Waals surface area contributed by atoms with Crippen LogP contribution in [0.5, 0.6) is 6.01 Å². The van der Waals surface area contributed by atoms with E-state index in [1.165, 1.54) is 12.0 Å². The van der Waals surface area contributed by atoms with Crippen LogP contribution in [0.4, 0.5) is 5.82 Å². The van der Waals surface area contributed by atoms with Gasteiger partial charge in [0.15, 0.2) is 17.0 Å². The molecule has 3 heterocycles. The number of ether oxygens (including phenoxy) is 1. The molecule has 0 saturated heterocycles. The summed E-state index contributed by atoms with van der Waals surface area (Å²) in [5, 5.41) is 0. The second-order valence-electron chi connectivity index (χ2n) is 6.59. The molecule has 0 fully saturated rings. The number of imide groups is 1. The minimum absolute atomic E-state index is 0.234. The van der Waals surface area contributed by atoms with Crippen molar-refractivity contribution in [2.75, 3.05) is 19.4 Å². The lowest BCUT2D eigenvalue weighted by Gasteiger charge is -2.14. The van der Waals surface area contributed by atoms with Gasteiger partial charge in [0.05, 0.1) is 18.2 Å². The summed E-state index contributed by atoms with van der Waals surface area (Å²) in [6, 6.07) is 7.30. The molecule has 144 valence electrons. The van der Waals surface area contributed by atoms with Gasteiger partial charge in [-0.3, -0.25) is 19.1 Å². The molecular weight excluding hydrogens is 360 g/mol. The van der Waals surface area contributed by atoms with Gasteiger partial charge in [0.25, 0.3) is 17.8 Å². The van der Waals surface area contributed by atoms with Crippen molar-refractivity contribution in [3.63, 3.8) is 0 Å². The molecule has 1 aliphatic heterocycles. The largest absolute Gasteiger partial charge is 0.468 e. The molecule has 2 aromatic heterocycles. The molecule has 0 radical (unpaired) electrons. The Morgan fingerprint density at radius 1 is 1.00 bits per heavy atom. The molecule has 0 saturated carbocycles. The molecule has 2 amide bonds. The Morgan fingerprint density at radius 2 is 1.64 bits per heavy atom. The first-order chi connectivity index (χ1) is 13.5. The minimum Gasteiger partial charge on any atom is -0.468 e. The Morgan fingerprint density at radius 3 is 2.29 bits per heavy atom. The second kappa shape index (κ2) is 6.91. The summed E-state index contributed by atoms with van der Waals surface area (Å²) in [5.74, 6) is 0.398. The molecule has 0 spiro atoms. The van der Waals surface area contributed by atoms with Gasteiger partial charge in [-0.15, -0.1) is 0 Å². The Bertz CT molecular complexity index is 1060. The number of fused-ring (bicyclic) bond motifs is 2. The predicted molar refractivity (Wildman–Crippen MR) is 102 cm³/mol. The topological polar surface area (TPSA) is 116 Å². The van der Waals surface area contributed by atoms with Gasteiger partial charge in [0.2, 0.25) is 0 Å². The first-order valence-electron chi connectivity index (χ1n) is 9.01. The Hall–Kier alpha value is -3.49. The van der Waals surface area contributed by atoms with E-state index in [-0.39, 0.29) is 11.8 Å². The fourth-order valence-corrected chi connectivity index (χ4v) is 3.45. The monoisotopic (exact) mass is 380 g/mol. The number of rotatable bonds is 6. The maximum Gasteiger partial charge on any atom is 0.298 e. The average Bonchev–Trinajstić information content (AvgIpc) is 3.15. The maximum atomic E-state index is 12.4. The average molecular weight is 380 g/mol. The summed E-state index contributed by atoms with van der Waals surface area (Å²) in [6.45, 7) is 2.69. The van der Waals surface area contributed by atoms with Crippen LogP contribution in [0.2, 0.25) is 0 Å². The Balaban J connectivity index is 1.45. The van der Waals surface area contributed by atoms with Gasteiger partial charge in [-0.25, -0.2) is 9.97 Å². The Labute approximate surface area is 161 Å². The van der Waals surface area contributed by atoms with Gasteiger partial charge < -0.3 is 10.5 Å². The molecule has 0 unspecified atom stereocenters. The van der Waals surface area contributed by atoms with E-state index in [9.17, 15) is 9.59 Å². The minimum atomic E-state index is -0.234. The van der Waals surface area contributed by atoms with Crippen molar-refractivity contribution in [2.45, 2.75) is 26.3 Å². The van der Waals surface area contributed by atoms with Crippen LogP contribution in [0, 0.1) is 6.92 Å². The fraction of sp³-hybridized carbons (Fsp3) is 0.316. The van der Waals surface area contributed by atoms with E-state index in [1.807, 2.05) is 4.57 Å². The van der Waals surface area contributed by atoms with Crippen LogP contribution in [0.3, 0.4) is 0 Å². The number of carbonyl (C=O) groups is 2. The van der Waals surface area contributed by atoms with Crippen molar-refractivity contribution >= 4 is 28.8 Å². The summed E-state index contributed by atoms with van der Waals surface area (Å²) in [6.07, 6.45) is 1.35. The van der Waals surface area contributed by atoms with Gasteiger partial charge in [0, 0.05) is 13.1 Å². The maximum absolute atomic E-state index is 12.4.